The van der Waals surface area contributed by atoms with Crippen LogP contribution in [0.5, 0.6) is 0 Å². The normalized spacial score (nSPS) is 14.5. The molecule has 0 atom stereocenters. The molecule has 1 heterocycles. The van der Waals surface area contributed by atoms with Crippen LogP contribution in [0.15, 0.2) is 48.5 Å². The molecule has 0 saturated carbocycles. The summed E-state index contributed by atoms with van der Waals surface area (Å²) in [6.45, 7) is 6.62. The first-order valence-corrected chi connectivity index (χ1v) is 9.13. The van der Waals surface area contributed by atoms with Crippen LogP contribution in [0.1, 0.15) is 29.5 Å². The second-order valence-corrected chi connectivity index (χ2v) is 7.03. The molecule has 0 aromatic heterocycles. The fraction of sp³-hybridized carbons (Fsp3) is 0.350. The van der Waals surface area contributed by atoms with Crippen LogP contribution in [-0.2, 0) is 13.1 Å². The summed E-state index contributed by atoms with van der Waals surface area (Å²) in [6, 6.07) is 17.1. The molecule has 4 heteroatoms. The lowest BCUT2D eigenvalue weighted by Gasteiger charge is -2.13. The predicted octanol–water partition coefficient (Wildman–Crippen LogP) is 2.66. The molecule has 3 N–H and O–H groups in total. The molecule has 0 aliphatic carbocycles. The first-order chi connectivity index (χ1) is 11.7. The minimum Gasteiger partial charge on any atom is -0.358 e. The summed E-state index contributed by atoms with van der Waals surface area (Å²) in [4.78, 5) is 1.71. The summed E-state index contributed by atoms with van der Waals surface area (Å²) in [5.74, 6) is 0. The Morgan fingerprint density at radius 3 is 2.25 bits per heavy atom. The molecule has 0 unspecified atom stereocenters. The van der Waals surface area contributed by atoms with E-state index in [4.69, 9.17) is 12.2 Å². The average molecular weight is 341 g/mol. The van der Waals surface area contributed by atoms with Gasteiger partial charge in [0.25, 0.3) is 0 Å². The first-order valence-electron chi connectivity index (χ1n) is 8.72. The molecule has 2 aromatic rings. The van der Waals surface area contributed by atoms with Gasteiger partial charge in [0.2, 0.25) is 0 Å². The first kappa shape index (κ1) is 16.9. The number of hydrogen-bond donors (Lipinski definition) is 3. The van der Waals surface area contributed by atoms with Gasteiger partial charge in [-0.2, -0.15) is 0 Å². The largest absolute Gasteiger partial charge is 0.358 e. The summed E-state index contributed by atoms with van der Waals surface area (Å²) < 4.78 is 0. The second kappa shape index (κ2) is 8.27. The van der Waals surface area contributed by atoms with Crippen molar-refractivity contribution in [3.63, 3.8) is 0 Å². The van der Waals surface area contributed by atoms with Gasteiger partial charge < -0.3 is 15.5 Å². The number of hydrogen-bond acceptors (Lipinski definition) is 1. The zero-order valence-electron chi connectivity index (χ0n) is 14.3. The van der Waals surface area contributed by atoms with Gasteiger partial charge in [-0.15, -0.1) is 0 Å². The predicted molar refractivity (Wildman–Crippen MR) is 104 cm³/mol. The number of quaternary nitrogens is 1. The van der Waals surface area contributed by atoms with Crippen LogP contribution in [0.3, 0.4) is 0 Å². The highest BCUT2D eigenvalue weighted by Gasteiger charge is 2.15. The van der Waals surface area contributed by atoms with Gasteiger partial charge in [0.05, 0.1) is 13.1 Å². The molecule has 0 bridgehead atoms. The van der Waals surface area contributed by atoms with E-state index in [0.29, 0.717) is 5.11 Å². The molecule has 1 aliphatic heterocycles. The molecule has 0 radical (unpaired) electrons. The van der Waals surface area contributed by atoms with Crippen molar-refractivity contribution in [1.29, 1.82) is 0 Å². The molecule has 24 heavy (non-hydrogen) atoms. The van der Waals surface area contributed by atoms with Crippen molar-refractivity contribution in [2.24, 2.45) is 0 Å². The maximum absolute atomic E-state index is 5.36. The molecule has 0 amide bonds. The van der Waals surface area contributed by atoms with E-state index in [9.17, 15) is 0 Å². The number of anilines is 1. The van der Waals surface area contributed by atoms with Gasteiger partial charge in [-0.25, -0.2) is 0 Å². The van der Waals surface area contributed by atoms with Crippen LogP contribution in [0.2, 0.25) is 0 Å². The molecule has 1 saturated heterocycles. The van der Waals surface area contributed by atoms with E-state index < -0.39 is 0 Å². The van der Waals surface area contributed by atoms with Crippen LogP contribution < -0.4 is 15.5 Å². The van der Waals surface area contributed by atoms with Gasteiger partial charge in [-0.05, 0) is 36.8 Å². The Morgan fingerprint density at radius 1 is 0.958 bits per heavy atom. The Balaban J connectivity index is 1.45. The quantitative estimate of drug-likeness (QED) is 0.731. The van der Waals surface area contributed by atoms with Gasteiger partial charge in [-0.1, -0.05) is 42.0 Å². The zero-order valence-corrected chi connectivity index (χ0v) is 15.1. The Morgan fingerprint density at radius 2 is 1.58 bits per heavy atom. The maximum Gasteiger partial charge on any atom is 0.171 e. The van der Waals surface area contributed by atoms with Crippen molar-refractivity contribution >= 4 is 23.0 Å². The SMILES string of the molecule is Cc1ccc(NC(=S)NCc2ccc(C[NH+]3CCCC3)cc2)cc1. The molecule has 3 rings (SSSR count). The lowest BCUT2D eigenvalue weighted by molar-refractivity contribution is -0.901. The number of aryl methyl sites for hydroxylation is 1. The zero-order chi connectivity index (χ0) is 16.8. The monoisotopic (exact) mass is 340 g/mol. The van der Waals surface area contributed by atoms with Gasteiger partial charge in [0.1, 0.15) is 6.54 Å². The summed E-state index contributed by atoms with van der Waals surface area (Å²) in [7, 11) is 0. The fourth-order valence-corrected chi connectivity index (χ4v) is 3.30. The molecule has 2 aromatic carbocycles. The van der Waals surface area contributed by atoms with Gasteiger partial charge in [0.15, 0.2) is 5.11 Å². The smallest absolute Gasteiger partial charge is 0.171 e. The van der Waals surface area contributed by atoms with Crippen LogP contribution >= 0.6 is 12.2 Å². The van der Waals surface area contributed by atoms with Crippen LogP contribution in [0, 0.1) is 6.92 Å². The Hall–Kier alpha value is -1.91. The summed E-state index contributed by atoms with van der Waals surface area (Å²) in [6.07, 6.45) is 2.76. The topological polar surface area (TPSA) is 28.5 Å². The molecule has 1 aliphatic rings. The van der Waals surface area contributed by atoms with Crippen molar-refractivity contribution < 1.29 is 4.90 Å². The molecule has 126 valence electrons. The van der Waals surface area contributed by atoms with Gasteiger partial charge in [-0.3, -0.25) is 0 Å². The third kappa shape index (κ3) is 5.05. The van der Waals surface area contributed by atoms with E-state index in [2.05, 4.69) is 54.0 Å². The standard InChI is InChI=1S/C20H25N3S/c1-16-4-10-19(11-5-16)22-20(24)21-14-17-6-8-18(9-7-17)15-23-12-2-3-13-23/h4-11H,2-3,12-15H2,1H3,(H2,21,22,24)/p+1. The van der Waals surface area contributed by atoms with Crippen molar-refractivity contribution in [3.8, 4) is 0 Å². The fourth-order valence-electron chi connectivity index (χ4n) is 3.11. The van der Waals surface area contributed by atoms with Crippen LogP contribution in [-0.4, -0.2) is 18.2 Å². The summed E-state index contributed by atoms with van der Waals surface area (Å²) in [5.41, 5.74) is 4.94. The Kier molecular flexibility index (Phi) is 5.83. The number of likely N-dealkylation sites (tertiary alicyclic amines) is 1. The van der Waals surface area contributed by atoms with Crippen LogP contribution in [0.4, 0.5) is 5.69 Å². The number of benzene rings is 2. The van der Waals surface area contributed by atoms with E-state index in [0.717, 1.165) is 18.8 Å². The van der Waals surface area contributed by atoms with Crippen LogP contribution in [0.25, 0.3) is 0 Å². The minimum atomic E-state index is 0.657. The molecule has 1 fully saturated rings. The summed E-state index contributed by atoms with van der Waals surface area (Å²) in [5, 5.41) is 7.14. The van der Waals surface area contributed by atoms with E-state index in [1.807, 2.05) is 12.1 Å². The number of nitrogens with one attached hydrogen (secondary N) is 3. The highest BCUT2D eigenvalue weighted by atomic mass is 32.1. The van der Waals surface area contributed by atoms with Crippen molar-refractivity contribution in [2.75, 3.05) is 18.4 Å². The number of thiocarbonyl (C=S) groups is 1. The average Bonchev–Trinajstić information content (AvgIpc) is 3.09. The van der Waals surface area contributed by atoms with E-state index in [1.165, 1.54) is 42.6 Å². The third-order valence-electron chi connectivity index (χ3n) is 4.55. The van der Waals surface area contributed by atoms with Crippen molar-refractivity contribution in [1.82, 2.24) is 5.32 Å². The highest BCUT2D eigenvalue weighted by Crippen LogP contribution is 2.09. The molecule has 3 nitrogen and oxygen atoms in total. The van der Waals surface area contributed by atoms with Gasteiger partial charge >= 0.3 is 0 Å². The van der Waals surface area contributed by atoms with Crippen molar-refractivity contribution in [3.05, 3.63) is 65.2 Å². The summed E-state index contributed by atoms with van der Waals surface area (Å²) >= 11 is 5.36. The lowest BCUT2D eigenvalue weighted by atomic mass is 10.1. The molecular formula is C20H26N3S+. The highest BCUT2D eigenvalue weighted by molar-refractivity contribution is 7.80. The van der Waals surface area contributed by atoms with Crippen molar-refractivity contribution in [2.45, 2.75) is 32.9 Å². The lowest BCUT2D eigenvalue weighted by Crippen LogP contribution is -3.08. The minimum absolute atomic E-state index is 0.657. The number of rotatable bonds is 5. The van der Waals surface area contributed by atoms with E-state index >= 15 is 0 Å². The molecule has 0 spiro atoms. The van der Waals surface area contributed by atoms with E-state index in [-0.39, 0.29) is 0 Å². The van der Waals surface area contributed by atoms with Gasteiger partial charge in [0, 0.05) is 30.6 Å². The Labute approximate surface area is 150 Å². The maximum atomic E-state index is 5.36. The molecular weight excluding hydrogens is 314 g/mol. The van der Waals surface area contributed by atoms with E-state index in [1.54, 1.807) is 4.90 Å². The second-order valence-electron chi connectivity index (χ2n) is 6.62. The third-order valence-corrected chi connectivity index (χ3v) is 4.80. The Bertz CT molecular complexity index is 658.